The van der Waals surface area contributed by atoms with Gasteiger partial charge in [-0.25, -0.2) is 8.42 Å². The number of thiophene rings is 1. The highest BCUT2D eigenvalue weighted by atomic mass is 32.2. The van der Waals surface area contributed by atoms with E-state index in [0.717, 1.165) is 53.6 Å². The minimum Gasteiger partial charge on any atom is -0.321 e. The zero-order chi connectivity index (χ0) is 22.6. The van der Waals surface area contributed by atoms with E-state index in [2.05, 4.69) is 14.9 Å². The Balaban J connectivity index is 1.47. The number of anilines is 2. The first kappa shape index (κ1) is 22.8. The summed E-state index contributed by atoms with van der Waals surface area (Å²) in [5.41, 5.74) is 3.26. The van der Waals surface area contributed by atoms with Crippen LogP contribution in [-0.2, 0) is 16.6 Å². The summed E-state index contributed by atoms with van der Waals surface area (Å²) in [5.74, 6) is 1.85. The molecule has 9 heteroatoms. The van der Waals surface area contributed by atoms with Crippen LogP contribution in [0.25, 0.3) is 0 Å². The summed E-state index contributed by atoms with van der Waals surface area (Å²) in [6.45, 7) is 4.89. The Hall–Kier alpha value is -2.33. The fourth-order valence-electron chi connectivity index (χ4n) is 3.46. The SMILES string of the molecule is Cc1ccc(NS(=O)(=O)c2ccsc2C(=O)Nc2cccc(CN3CCSCC3)c2)cc1. The third-order valence-electron chi connectivity index (χ3n) is 5.12. The van der Waals surface area contributed by atoms with E-state index in [1.807, 2.05) is 55.1 Å². The lowest BCUT2D eigenvalue weighted by atomic mass is 10.2. The molecule has 1 aliphatic heterocycles. The number of hydrogen-bond donors (Lipinski definition) is 2. The molecule has 1 amide bonds. The fraction of sp³-hybridized carbons (Fsp3) is 0.261. The van der Waals surface area contributed by atoms with Crippen LogP contribution < -0.4 is 10.0 Å². The maximum absolute atomic E-state index is 12.9. The van der Waals surface area contributed by atoms with E-state index in [1.165, 1.54) is 6.07 Å². The average molecular weight is 488 g/mol. The molecule has 3 aromatic rings. The lowest BCUT2D eigenvalue weighted by molar-refractivity contribution is 0.102. The average Bonchev–Trinajstić information content (AvgIpc) is 3.28. The van der Waals surface area contributed by atoms with Gasteiger partial charge in [-0.05, 0) is 48.2 Å². The Labute approximate surface area is 197 Å². The summed E-state index contributed by atoms with van der Waals surface area (Å²) < 4.78 is 28.4. The van der Waals surface area contributed by atoms with Gasteiger partial charge in [0, 0.05) is 42.5 Å². The standard InChI is InChI=1S/C23H25N3O3S3/c1-17-5-7-19(8-6-17)25-32(28,29)21-9-12-31-22(21)23(27)24-20-4-2-3-18(15-20)16-26-10-13-30-14-11-26/h2-9,12,15,25H,10-11,13-14,16H2,1H3,(H,24,27). The van der Waals surface area contributed by atoms with Crippen LogP contribution >= 0.6 is 23.1 Å². The highest BCUT2D eigenvalue weighted by Gasteiger charge is 2.24. The molecule has 1 fully saturated rings. The van der Waals surface area contributed by atoms with Gasteiger partial charge in [0.05, 0.1) is 0 Å². The molecule has 0 saturated carbocycles. The molecule has 4 rings (SSSR count). The van der Waals surface area contributed by atoms with Crippen LogP contribution in [0, 0.1) is 6.92 Å². The van der Waals surface area contributed by atoms with E-state index in [1.54, 1.807) is 17.5 Å². The van der Waals surface area contributed by atoms with Crippen LogP contribution in [0.2, 0.25) is 0 Å². The number of benzene rings is 2. The number of amides is 1. The lowest BCUT2D eigenvalue weighted by Gasteiger charge is -2.26. The van der Waals surface area contributed by atoms with E-state index in [-0.39, 0.29) is 9.77 Å². The third kappa shape index (κ3) is 5.72. The molecule has 0 aliphatic carbocycles. The van der Waals surface area contributed by atoms with Gasteiger partial charge in [0.25, 0.3) is 15.9 Å². The van der Waals surface area contributed by atoms with Gasteiger partial charge in [0.2, 0.25) is 0 Å². The first-order valence-electron chi connectivity index (χ1n) is 10.3. The minimum absolute atomic E-state index is 0.0254. The number of carbonyl (C=O) groups excluding carboxylic acids is 1. The van der Waals surface area contributed by atoms with Crippen molar-refractivity contribution in [3.63, 3.8) is 0 Å². The summed E-state index contributed by atoms with van der Waals surface area (Å²) in [5, 5.41) is 4.48. The highest BCUT2D eigenvalue weighted by molar-refractivity contribution is 7.99. The molecule has 0 spiro atoms. The summed E-state index contributed by atoms with van der Waals surface area (Å²) >= 11 is 3.08. The number of carbonyl (C=O) groups is 1. The monoisotopic (exact) mass is 487 g/mol. The van der Waals surface area contributed by atoms with Crippen LogP contribution in [0.5, 0.6) is 0 Å². The molecule has 2 aromatic carbocycles. The van der Waals surface area contributed by atoms with Gasteiger partial charge in [-0.1, -0.05) is 29.8 Å². The minimum atomic E-state index is -3.89. The van der Waals surface area contributed by atoms with Crippen molar-refractivity contribution in [3.05, 3.63) is 76.0 Å². The van der Waals surface area contributed by atoms with E-state index in [0.29, 0.717) is 11.4 Å². The van der Waals surface area contributed by atoms with Crippen LogP contribution in [0.1, 0.15) is 20.8 Å². The Morgan fingerprint density at radius 1 is 1.03 bits per heavy atom. The Kier molecular flexibility index (Phi) is 7.20. The zero-order valence-electron chi connectivity index (χ0n) is 17.7. The topological polar surface area (TPSA) is 78.5 Å². The maximum atomic E-state index is 12.9. The summed E-state index contributed by atoms with van der Waals surface area (Å²) in [6, 6.07) is 16.2. The van der Waals surface area contributed by atoms with E-state index in [4.69, 9.17) is 0 Å². The number of nitrogens with zero attached hydrogens (tertiary/aromatic N) is 1. The summed E-state index contributed by atoms with van der Waals surface area (Å²) in [7, 11) is -3.89. The fourth-order valence-corrected chi connectivity index (χ4v) is 6.82. The molecule has 1 saturated heterocycles. The third-order valence-corrected chi connectivity index (χ3v) is 8.53. The molecular weight excluding hydrogens is 462 g/mol. The molecular formula is C23H25N3O3S3. The lowest BCUT2D eigenvalue weighted by Crippen LogP contribution is -2.31. The number of aryl methyl sites for hydroxylation is 1. The second-order valence-electron chi connectivity index (χ2n) is 7.63. The van der Waals surface area contributed by atoms with Crippen LogP contribution in [0.4, 0.5) is 11.4 Å². The number of rotatable bonds is 7. The van der Waals surface area contributed by atoms with Crippen LogP contribution in [0.15, 0.2) is 64.9 Å². The van der Waals surface area contributed by atoms with Gasteiger partial charge < -0.3 is 5.32 Å². The molecule has 32 heavy (non-hydrogen) atoms. The van der Waals surface area contributed by atoms with Gasteiger partial charge in [-0.3, -0.25) is 14.4 Å². The zero-order valence-corrected chi connectivity index (χ0v) is 20.2. The van der Waals surface area contributed by atoms with Crippen LogP contribution in [0.3, 0.4) is 0 Å². The quantitative estimate of drug-likeness (QED) is 0.507. The Morgan fingerprint density at radius 3 is 2.53 bits per heavy atom. The van der Waals surface area contributed by atoms with E-state index in [9.17, 15) is 13.2 Å². The van der Waals surface area contributed by atoms with Gasteiger partial charge in [-0.15, -0.1) is 11.3 Å². The van der Waals surface area contributed by atoms with Crippen molar-refractivity contribution in [2.24, 2.45) is 0 Å². The van der Waals surface area contributed by atoms with Crippen molar-refractivity contribution in [2.45, 2.75) is 18.4 Å². The molecule has 0 atom stereocenters. The van der Waals surface area contributed by atoms with E-state index < -0.39 is 15.9 Å². The number of hydrogen-bond acceptors (Lipinski definition) is 6. The number of sulfonamides is 1. The maximum Gasteiger partial charge on any atom is 0.267 e. The van der Waals surface area contributed by atoms with Crippen molar-refractivity contribution in [3.8, 4) is 0 Å². The van der Waals surface area contributed by atoms with Crippen molar-refractivity contribution >= 4 is 50.4 Å². The van der Waals surface area contributed by atoms with Gasteiger partial charge >= 0.3 is 0 Å². The first-order valence-corrected chi connectivity index (χ1v) is 13.8. The second-order valence-corrected chi connectivity index (χ2v) is 11.4. The van der Waals surface area contributed by atoms with Crippen molar-refractivity contribution in [2.75, 3.05) is 34.6 Å². The molecule has 1 aliphatic rings. The van der Waals surface area contributed by atoms with Gasteiger partial charge in [-0.2, -0.15) is 11.8 Å². The molecule has 168 valence electrons. The van der Waals surface area contributed by atoms with Crippen molar-refractivity contribution < 1.29 is 13.2 Å². The Bertz CT molecular complexity index is 1180. The summed E-state index contributed by atoms with van der Waals surface area (Å²) in [6.07, 6.45) is 0. The molecule has 0 bridgehead atoms. The summed E-state index contributed by atoms with van der Waals surface area (Å²) in [4.78, 5) is 15.5. The van der Waals surface area contributed by atoms with Gasteiger partial charge in [0.1, 0.15) is 9.77 Å². The number of thioether (sulfide) groups is 1. The smallest absolute Gasteiger partial charge is 0.267 e. The molecule has 1 aromatic heterocycles. The second kappa shape index (κ2) is 10.1. The predicted molar refractivity (Wildman–Crippen MR) is 133 cm³/mol. The number of nitrogens with one attached hydrogen (secondary N) is 2. The normalized spacial score (nSPS) is 14.8. The first-order chi connectivity index (χ1) is 15.4. The largest absolute Gasteiger partial charge is 0.321 e. The molecule has 0 unspecified atom stereocenters. The molecule has 2 N–H and O–H groups in total. The van der Waals surface area contributed by atoms with Gasteiger partial charge in [0.15, 0.2) is 0 Å². The molecule has 0 radical (unpaired) electrons. The Morgan fingerprint density at radius 2 is 1.78 bits per heavy atom. The predicted octanol–water partition coefficient (Wildman–Crippen LogP) is 4.66. The highest BCUT2D eigenvalue weighted by Crippen LogP contribution is 2.26. The van der Waals surface area contributed by atoms with Crippen molar-refractivity contribution in [1.29, 1.82) is 0 Å². The molecule has 2 heterocycles. The van der Waals surface area contributed by atoms with Crippen LogP contribution in [-0.4, -0.2) is 43.8 Å². The molecule has 6 nitrogen and oxygen atoms in total. The van der Waals surface area contributed by atoms with E-state index >= 15 is 0 Å². The van der Waals surface area contributed by atoms with Crippen molar-refractivity contribution in [1.82, 2.24) is 4.90 Å².